The lowest BCUT2D eigenvalue weighted by molar-refractivity contribution is 0.112. The van der Waals surface area contributed by atoms with E-state index in [9.17, 15) is 4.79 Å². The Labute approximate surface area is 121 Å². The number of nitrogens with zero attached hydrogens (tertiary/aromatic N) is 2. The van der Waals surface area contributed by atoms with Gasteiger partial charge in [-0.15, -0.1) is 0 Å². The molecule has 2 aromatic carbocycles. The number of rotatable bonds is 3. The molecule has 0 fully saturated rings. The van der Waals surface area contributed by atoms with Gasteiger partial charge in [0.2, 0.25) is 0 Å². The van der Waals surface area contributed by atoms with E-state index in [1.807, 2.05) is 36.5 Å². The summed E-state index contributed by atoms with van der Waals surface area (Å²) in [7, 11) is 0. The van der Waals surface area contributed by atoms with Crippen LogP contribution in [0.5, 0.6) is 0 Å². The molecule has 0 spiro atoms. The molecule has 0 aliphatic rings. The van der Waals surface area contributed by atoms with Crippen LogP contribution in [-0.2, 0) is 0 Å². The molecule has 98 valence electrons. The van der Waals surface area contributed by atoms with Crippen LogP contribution in [0, 0.1) is 0 Å². The molecule has 0 N–H and O–H groups in total. The quantitative estimate of drug-likeness (QED) is 0.681. The van der Waals surface area contributed by atoms with E-state index in [0.717, 1.165) is 23.1 Å². The molecular formula is C16H11ClN2O. The van der Waals surface area contributed by atoms with Crippen molar-refractivity contribution in [2.45, 2.75) is 0 Å². The minimum absolute atomic E-state index is 0.498. The van der Waals surface area contributed by atoms with Gasteiger partial charge in [0.25, 0.3) is 0 Å². The molecule has 0 saturated heterocycles. The zero-order valence-electron chi connectivity index (χ0n) is 10.5. The monoisotopic (exact) mass is 282 g/mol. The fraction of sp³-hybridized carbons (Fsp3) is 0. The van der Waals surface area contributed by atoms with Crippen LogP contribution in [0.15, 0.2) is 60.9 Å². The predicted octanol–water partition coefficient (Wildman–Crippen LogP) is 4.01. The van der Waals surface area contributed by atoms with Crippen molar-refractivity contribution in [3.63, 3.8) is 0 Å². The number of hydrogen-bond acceptors (Lipinski definition) is 2. The summed E-state index contributed by atoms with van der Waals surface area (Å²) in [4.78, 5) is 10.7. The van der Waals surface area contributed by atoms with Crippen molar-refractivity contribution in [1.82, 2.24) is 9.78 Å². The zero-order chi connectivity index (χ0) is 13.9. The predicted molar refractivity (Wildman–Crippen MR) is 79.4 cm³/mol. The summed E-state index contributed by atoms with van der Waals surface area (Å²) in [6.07, 6.45) is 4.48. The molecule has 3 aromatic rings. The lowest BCUT2D eigenvalue weighted by atomic mass is 10.1. The Morgan fingerprint density at radius 1 is 1.05 bits per heavy atom. The van der Waals surface area contributed by atoms with Crippen LogP contribution in [-0.4, -0.2) is 16.1 Å². The summed E-state index contributed by atoms with van der Waals surface area (Å²) < 4.78 is 1.71. The lowest BCUT2D eigenvalue weighted by Crippen LogP contribution is -1.95. The number of aromatic nitrogens is 2. The van der Waals surface area contributed by atoms with E-state index in [2.05, 4.69) is 5.10 Å². The molecule has 0 amide bonds. The van der Waals surface area contributed by atoms with Crippen molar-refractivity contribution in [3.8, 4) is 16.8 Å². The van der Waals surface area contributed by atoms with Crippen molar-refractivity contribution >= 4 is 17.9 Å². The molecule has 0 bridgehead atoms. The highest BCUT2D eigenvalue weighted by Gasteiger charge is 2.07. The van der Waals surface area contributed by atoms with Crippen LogP contribution in [0.1, 0.15) is 10.4 Å². The molecular weight excluding hydrogens is 272 g/mol. The maximum Gasteiger partial charge on any atom is 0.150 e. The standard InChI is InChI=1S/C16H11ClN2O/c17-15-8-12(11-20)6-7-16(15)19-10-14(9-18-19)13-4-2-1-3-5-13/h1-11H. The first-order valence-corrected chi connectivity index (χ1v) is 6.51. The van der Waals surface area contributed by atoms with Crippen molar-refractivity contribution in [1.29, 1.82) is 0 Å². The molecule has 0 saturated carbocycles. The minimum atomic E-state index is 0.498. The van der Waals surface area contributed by atoms with Gasteiger partial charge in [-0.25, -0.2) is 4.68 Å². The Hall–Kier alpha value is -2.39. The second-order valence-corrected chi connectivity index (χ2v) is 4.78. The molecule has 3 nitrogen and oxygen atoms in total. The summed E-state index contributed by atoms with van der Waals surface area (Å²) in [5.41, 5.74) is 3.41. The number of halogens is 1. The second-order valence-electron chi connectivity index (χ2n) is 4.37. The van der Waals surface area contributed by atoms with E-state index >= 15 is 0 Å². The van der Waals surface area contributed by atoms with Gasteiger partial charge >= 0.3 is 0 Å². The molecule has 3 rings (SSSR count). The molecule has 0 atom stereocenters. The van der Waals surface area contributed by atoms with E-state index in [1.54, 1.807) is 29.1 Å². The van der Waals surface area contributed by atoms with Gasteiger partial charge in [0.1, 0.15) is 6.29 Å². The highest BCUT2D eigenvalue weighted by molar-refractivity contribution is 6.32. The van der Waals surface area contributed by atoms with Crippen LogP contribution >= 0.6 is 11.6 Å². The molecule has 0 unspecified atom stereocenters. The minimum Gasteiger partial charge on any atom is -0.298 e. The SMILES string of the molecule is O=Cc1ccc(-n2cc(-c3ccccc3)cn2)c(Cl)c1. The number of carbonyl (C=O) groups is 1. The highest BCUT2D eigenvalue weighted by atomic mass is 35.5. The molecule has 0 aliphatic carbocycles. The van der Waals surface area contributed by atoms with Crippen LogP contribution in [0.2, 0.25) is 5.02 Å². The average Bonchev–Trinajstić information content (AvgIpc) is 2.97. The van der Waals surface area contributed by atoms with Gasteiger partial charge in [0, 0.05) is 17.3 Å². The fourth-order valence-electron chi connectivity index (χ4n) is 2.02. The number of benzene rings is 2. The Balaban J connectivity index is 2.00. The van der Waals surface area contributed by atoms with Gasteiger partial charge in [-0.1, -0.05) is 41.9 Å². The molecule has 0 aliphatic heterocycles. The Morgan fingerprint density at radius 2 is 1.85 bits per heavy atom. The van der Waals surface area contributed by atoms with Gasteiger partial charge < -0.3 is 0 Å². The van der Waals surface area contributed by atoms with Gasteiger partial charge in [-0.3, -0.25) is 4.79 Å². The molecule has 1 heterocycles. The first kappa shape index (κ1) is 12.6. The fourth-order valence-corrected chi connectivity index (χ4v) is 2.29. The average molecular weight is 283 g/mol. The second kappa shape index (κ2) is 5.31. The van der Waals surface area contributed by atoms with E-state index < -0.39 is 0 Å². The van der Waals surface area contributed by atoms with Crippen molar-refractivity contribution < 1.29 is 4.79 Å². The molecule has 20 heavy (non-hydrogen) atoms. The first-order chi connectivity index (χ1) is 9.78. The number of aldehydes is 1. The summed E-state index contributed by atoms with van der Waals surface area (Å²) in [5, 5.41) is 4.82. The van der Waals surface area contributed by atoms with Gasteiger partial charge in [0.15, 0.2) is 0 Å². The number of carbonyl (C=O) groups excluding carboxylic acids is 1. The maximum atomic E-state index is 10.7. The first-order valence-electron chi connectivity index (χ1n) is 6.13. The smallest absolute Gasteiger partial charge is 0.150 e. The molecule has 0 radical (unpaired) electrons. The third-order valence-corrected chi connectivity index (χ3v) is 3.35. The summed E-state index contributed by atoms with van der Waals surface area (Å²) in [5.74, 6) is 0. The summed E-state index contributed by atoms with van der Waals surface area (Å²) in [6, 6.07) is 15.1. The van der Waals surface area contributed by atoms with Crippen LogP contribution in [0.3, 0.4) is 0 Å². The Morgan fingerprint density at radius 3 is 2.55 bits per heavy atom. The van der Waals surface area contributed by atoms with Crippen molar-refractivity contribution in [2.24, 2.45) is 0 Å². The van der Waals surface area contributed by atoms with E-state index in [4.69, 9.17) is 11.6 Å². The normalized spacial score (nSPS) is 10.4. The maximum absolute atomic E-state index is 10.7. The van der Waals surface area contributed by atoms with Crippen LogP contribution < -0.4 is 0 Å². The Bertz CT molecular complexity index is 750. The Kier molecular flexibility index (Phi) is 3.35. The lowest BCUT2D eigenvalue weighted by Gasteiger charge is -2.04. The van der Waals surface area contributed by atoms with Crippen molar-refractivity contribution in [3.05, 3.63) is 71.5 Å². The third kappa shape index (κ3) is 2.36. The van der Waals surface area contributed by atoms with Crippen molar-refractivity contribution in [2.75, 3.05) is 0 Å². The van der Waals surface area contributed by atoms with Gasteiger partial charge in [0.05, 0.1) is 16.9 Å². The molecule has 1 aromatic heterocycles. The van der Waals surface area contributed by atoms with Crippen LogP contribution in [0.25, 0.3) is 16.8 Å². The van der Waals surface area contributed by atoms with Crippen LogP contribution in [0.4, 0.5) is 0 Å². The molecule has 4 heteroatoms. The van der Waals surface area contributed by atoms with Gasteiger partial charge in [-0.2, -0.15) is 5.10 Å². The highest BCUT2D eigenvalue weighted by Crippen LogP contribution is 2.24. The largest absolute Gasteiger partial charge is 0.298 e. The van der Waals surface area contributed by atoms with E-state index in [0.29, 0.717) is 10.6 Å². The van der Waals surface area contributed by atoms with Gasteiger partial charge in [-0.05, 0) is 23.8 Å². The third-order valence-electron chi connectivity index (χ3n) is 3.04. The summed E-state index contributed by atoms with van der Waals surface area (Å²) >= 11 is 6.18. The topological polar surface area (TPSA) is 34.9 Å². The summed E-state index contributed by atoms with van der Waals surface area (Å²) in [6.45, 7) is 0. The van der Waals surface area contributed by atoms with E-state index in [-0.39, 0.29) is 0 Å². The number of hydrogen-bond donors (Lipinski definition) is 0. The zero-order valence-corrected chi connectivity index (χ0v) is 11.3. The van der Waals surface area contributed by atoms with E-state index in [1.165, 1.54) is 0 Å².